The van der Waals surface area contributed by atoms with E-state index >= 15 is 0 Å². The molecule has 0 aliphatic rings. The highest BCUT2D eigenvalue weighted by Crippen LogP contribution is 2.16. The second-order valence-corrected chi connectivity index (χ2v) is 6.56. The lowest BCUT2D eigenvalue weighted by molar-refractivity contribution is -0.144. The molecule has 0 spiro atoms. The average molecular weight is 394 g/mol. The van der Waals surface area contributed by atoms with Crippen LogP contribution in [0.25, 0.3) is 0 Å². The maximum absolute atomic E-state index is 13.6. The number of ether oxygens (including phenoxy) is 1. The molecule has 27 heavy (non-hydrogen) atoms. The summed E-state index contributed by atoms with van der Waals surface area (Å²) in [7, 11) is 0. The van der Waals surface area contributed by atoms with Crippen LogP contribution in [-0.2, 0) is 15.3 Å². The number of nitrogens with one attached hydrogen (secondary N) is 2. The van der Waals surface area contributed by atoms with Crippen molar-refractivity contribution in [3.8, 4) is 0 Å². The fraction of sp³-hybridized carbons (Fsp3) is 0.263. The van der Waals surface area contributed by atoms with Crippen LogP contribution in [0.15, 0.2) is 48.5 Å². The van der Waals surface area contributed by atoms with Gasteiger partial charge in [-0.15, -0.1) is 0 Å². The van der Waals surface area contributed by atoms with Gasteiger partial charge in [-0.1, -0.05) is 30.3 Å². The molecule has 0 bridgehead atoms. The molecule has 0 aliphatic heterocycles. The number of benzene rings is 2. The number of carbonyl (C=O) groups excluding carboxylic acids is 2. The highest BCUT2D eigenvalue weighted by molar-refractivity contribution is 7.98. The van der Waals surface area contributed by atoms with E-state index in [9.17, 15) is 18.4 Å². The molecule has 1 atom stereocenters. The average Bonchev–Trinajstić information content (AvgIpc) is 2.65. The minimum absolute atomic E-state index is 0.167. The zero-order valence-corrected chi connectivity index (χ0v) is 15.5. The topological polar surface area (TPSA) is 67.4 Å². The summed E-state index contributed by atoms with van der Waals surface area (Å²) in [6.07, 6.45) is 0. The van der Waals surface area contributed by atoms with Gasteiger partial charge < -0.3 is 15.4 Å². The lowest BCUT2D eigenvalue weighted by atomic mass is 10.2. The number of rotatable bonds is 8. The van der Waals surface area contributed by atoms with Gasteiger partial charge in [0.25, 0.3) is 0 Å². The van der Waals surface area contributed by atoms with Gasteiger partial charge in [-0.05, 0) is 24.6 Å². The molecule has 0 aliphatic carbocycles. The van der Waals surface area contributed by atoms with E-state index in [1.54, 1.807) is 6.92 Å². The summed E-state index contributed by atoms with van der Waals surface area (Å²) in [6, 6.07) is 10.6. The first-order valence-corrected chi connectivity index (χ1v) is 9.46. The summed E-state index contributed by atoms with van der Waals surface area (Å²) in [5, 5.41) is 4.65. The molecule has 144 valence electrons. The van der Waals surface area contributed by atoms with Crippen molar-refractivity contribution in [2.75, 3.05) is 17.7 Å². The summed E-state index contributed by atoms with van der Waals surface area (Å²) < 4.78 is 31.8. The van der Waals surface area contributed by atoms with Crippen LogP contribution >= 0.6 is 11.8 Å². The highest BCUT2D eigenvalue weighted by Gasteiger charge is 2.22. The summed E-state index contributed by atoms with van der Waals surface area (Å²) in [6.45, 7) is 1.83. The molecular weight excluding hydrogens is 374 g/mol. The lowest BCUT2D eigenvalue weighted by Crippen LogP contribution is -2.45. The number of anilines is 1. The molecule has 0 aromatic heterocycles. The first-order chi connectivity index (χ1) is 13.0. The molecule has 2 aromatic carbocycles. The van der Waals surface area contributed by atoms with Crippen LogP contribution in [0.2, 0.25) is 0 Å². The molecule has 0 fully saturated rings. The van der Waals surface area contributed by atoms with Crippen LogP contribution in [0.1, 0.15) is 12.5 Å². The molecule has 1 unspecified atom stereocenters. The third kappa shape index (κ3) is 6.90. The molecule has 0 radical (unpaired) electrons. The smallest absolute Gasteiger partial charge is 0.329 e. The standard InChI is InChI=1S/C19H20F2N2O3S/c1-2-26-18(24)17(12-27-11-13-6-4-3-5-7-13)23-19(25)22-16-10-14(20)8-9-15(16)21/h3-10,17H,2,11-12H2,1H3,(H2,22,23,25). The van der Waals surface area contributed by atoms with Gasteiger partial charge >= 0.3 is 12.0 Å². The predicted octanol–water partition coefficient (Wildman–Crippen LogP) is 3.95. The number of thioether (sulfide) groups is 1. The van der Waals surface area contributed by atoms with Crippen LogP contribution in [-0.4, -0.2) is 30.4 Å². The van der Waals surface area contributed by atoms with Crippen molar-refractivity contribution in [1.29, 1.82) is 0 Å². The van der Waals surface area contributed by atoms with Gasteiger partial charge in [0.05, 0.1) is 12.3 Å². The minimum Gasteiger partial charge on any atom is -0.464 e. The Hall–Kier alpha value is -2.61. The first-order valence-electron chi connectivity index (χ1n) is 8.30. The molecule has 2 rings (SSSR count). The van der Waals surface area contributed by atoms with Gasteiger partial charge in [-0.3, -0.25) is 0 Å². The fourth-order valence-electron chi connectivity index (χ4n) is 2.19. The summed E-state index contributed by atoms with van der Waals surface area (Å²) in [4.78, 5) is 24.2. The Morgan fingerprint density at radius 2 is 1.89 bits per heavy atom. The molecule has 2 N–H and O–H groups in total. The molecule has 8 heteroatoms. The molecule has 0 saturated heterocycles. The van der Waals surface area contributed by atoms with Crippen LogP contribution in [0, 0.1) is 11.6 Å². The minimum atomic E-state index is -0.921. The lowest BCUT2D eigenvalue weighted by Gasteiger charge is -2.17. The van der Waals surface area contributed by atoms with E-state index in [1.807, 2.05) is 30.3 Å². The molecular formula is C19H20F2N2O3S. The first kappa shape index (κ1) is 20.7. The van der Waals surface area contributed by atoms with Crippen molar-refractivity contribution in [1.82, 2.24) is 5.32 Å². The van der Waals surface area contributed by atoms with Gasteiger partial charge in [0.1, 0.15) is 17.7 Å². The number of hydrogen-bond acceptors (Lipinski definition) is 4. The number of esters is 1. The molecule has 2 amide bonds. The van der Waals surface area contributed by atoms with Crippen LogP contribution in [0.4, 0.5) is 19.3 Å². The van der Waals surface area contributed by atoms with Crippen molar-refractivity contribution in [3.63, 3.8) is 0 Å². The Morgan fingerprint density at radius 3 is 2.59 bits per heavy atom. The summed E-state index contributed by atoms with van der Waals surface area (Å²) in [5.41, 5.74) is 0.767. The maximum atomic E-state index is 13.6. The SMILES string of the molecule is CCOC(=O)C(CSCc1ccccc1)NC(=O)Nc1cc(F)ccc1F. The van der Waals surface area contributed by atoms with E-state index in [0.29, 0.717) is 5.75 Å². The van der Waals surface area contributed by atoms with E-state index < -0.39 is 29.7 Å². The summed E-state index contributed by atoms with van der Waals surface area (Å²) >= 11 is 1.45. The van der Waals surface area contributed by atoms with E-state index in [-0.39, 0.29) is 18.0 Å². The van der Waals surface area contributed by atoms with Gasteiger partial charge in [0, 0.05) is 17.6 Å². The number of hydrogen-bond donors (Lipinski definition) is 2. The quantitative estimate of drug-likeness (QED) is 0.666. The highest BCUT2D eigenvalue weighted by atomic mass is 32.2. The van der Waals surface area contributed by atoms with E-state index in [2.05, 4.69) is 10.6 Å². The largest absolute Gasteiger partial charge is 0.464 e. The Morgan fingerprint density at radius 1 is 1.15 bits per heavy atom. The number of amides is 2. The predicted molar refractivity (Wildman–Crippen MR) is 102 cm³/mol. The number of carbonyl (C=O) groups is 2. The second kappa shape index (κ2) is 10.5. The van der Waals surface area contributed by atoms with Crippen molar-refractivity contribution >= 4 is 29.4 Å². The van der Waals surface area contributed by atoms with Gasteiger partial charge in [0.15, 0.2) is 0 Å². The van der Waals surface area contributed by atoms with Crippen molar-refractivity contribution in [2.24, 2.45) is 0 Å². The van der Waals surface area contributed by atoms with Crippen molar-refractivity contribution in [3.05, 3.63) is 65.7 Å². The maximum Gasteiger partial charge on any atom is 0.329 e. The van der Waals surface area contributed by atoms with Gasteiger partial charge in [-0.25, -0.2) is 18.4 Å². The van der Waals surface area contributed by atoms with Crippen molar-refractivity contribution < 1.29 is 23.1 Å². The Balaban J connectivity index is 1.95. The van der Waals surface area contributed by atoms with E-state index in [4.69, 9.17) is 4.74 Å². The normalized spacial score (nSPS) is 11.5. The Bertz CT molecular complexity index is 775. The molecule has 5 nitrogen and oxygen atoms in total. The third-order valence-corrected chi connectivity index (χ3v) is 4.56. The Labute approximate surface area is 160 Å². The Kier molecular flexibility index (Phi) is 8.06. The monoisotopic (exact) mass is 394 g/mol. The van der Waals surface area contributed by atoms with Gasteiger partial charge in [0.2, 0.25) is 0 Å². The molecule has 0 heterocycles. The third-order valence-electron chi connectivity index (χ3n) is 3.45. The van der Waals surface area contributed by atoms with Crippen molar-refractivity contribution in [2.45, 2.75) is 18.7 Å². The molecule has 2 aromatic rings. The van der Waals surface area contributed by atoms with E-state index in [1.165, 1.54) is 11.8 Å². The zero-order valence-electron chi connectivity index (χ0n) is 14.7. The zero-order chi connectivity index (χ0) is 19.6. The summed E-state index contributed by atoms with van der Waals surface area (Å²) in [5.74, 6) is -1.14. The molecule has 0 saturated carbocycles. The van der Waals surface area contributed by atoms with Gasteiger partial charge in [-0.2, -0.15) is 11.8 Å². The van der Waals surface area contributed by atoms with Crippen LogP contribution < -0.4 is 10.6 Å². The number of halogens is 2. The number of urea groups is 1. The second-order valence-electron chi connectivity index (χ2n) is 5.53. The van der Waals surface area contributed by atoms with Crippen LogP contribution in [0.5, 0.6) is 0 Å². The van der Waals surface area contributed by atoms with Crippen LogP contribution in [0.3, 0.4) is 0 Å². The van der Waals surface area contributed by atoms with E-state index in [0.717, 1.165) is 23.8 Å². The fourth-order valence-corrected chi connectivity index (χ4v) is 3.19.